The quantitative estimate of drug-likeness (QED) is 0.171. The van der Waals surface area contributed by atoms with Gasteiger partial charge in [0, 0.05) is 5.66 Å². The molecular formula is C25H46BrP. The summed E-state index contributed by atoms with van der Waals surface area (Å²) in [7, 11) is 0.0635. The molecule has 0 radical (unpaired) electrons. The molecular weight excluding hydrogens is 411 g/mol. The van der Waals surface area contributed by atoms with Gasteiger partial charge in [0.2, 0.25) is 0 Å². The van der Waals surface area contributed by atoms with Crippen LogP contribution in [0.25, 0.3) is 0 Å². The van der Waals surface area contributed by atoms with Crippen molar-refractivity contribution in [3.8, 4) is 0 Å². The lowest BCUT2D eigenvalue weighted by Gasteiger charge is -2.31. The van der Waals surface area contributed by atoms with Gasteiger partial charge in [-0.05, 0) is 37.7 Å². The van der Waals surface area contributed by atoms with E-state index in [1.807, 2.05) is 0 Å². The molecule has 0 aromatic heterocycles. The van der Waals surface area contributed by atoms with Gasteiger partial charge in [-0.1, -0.05) is 115 Å². The highest BCUT2D eigenvalue weighted by Crippen LogP contribution is 2.52. The first kappa shape index (κ1) is 27.1. The minimum Gasteiger partial charge on any atom is -0.114 e. The summed E-state index contributed by atoms with van der Waals surface area (Å²) in [5.74, 6) is 0.894. The van der Waals surface area contributed by atoms with Crippen LogP contribution in [0.1, 0.15) is 109 Å². The van der Waals surface area contributed by atoms with E-state index in [4.69, 9.17) is 0 Å². The number of hydrogen-bond acceptors (Lipinski definition) is 0. The topological polar surface area (TPSA) is 0 Å². The molecule has 1 rings (SSSR count). The number of rotatable bonds is 16. The predicted molar refractivity (Wildman–Crippen MR) is 133 cm³/mol. The largest absolute Gasteiger partial charge is 0.114 e. The van der Waals surface area contributed by atoms with Crippen molar-refractivity contribution in [3.05, 3.63) is 35.9 Å². The van der Waals surface area contributed by atoms with E-state index in [1.165, 1.54) is 83.5 Å². The normalized spacial score (nSPS) is 13.4. The fourth-order valence-electron chi connectivity index (χ4n) is 4.30. The van der Waals surface area contributed by atoms with Gasteiger partial charge in [0.05, 0.1) is 0 Å². The second-order valence-corrected chi connectivity index (χ2v) is 10.8. The molecule has 2 unspecified atom stereocenters. The molecule has 2 heteroatoms. The summed E-state index contributed by atoms with van der Waals surface area (Å²) in [6.07, 6.45) is 18.5. The van der Waals surface area contributed by atoms with E-state index in [1.54, 1.807) is 5.56 Å². The highest BCUT2D eigenvalue weighted by Gasteiger charge is 2.25. The minimum absolute atomic E-state index is 0. The van der Waals surface area contributed by atoms with E-state index in [2.05, 4.69) is 57.5 Å². The third kappa shape index (κ3) is 12.3. The highest BCUT2D eigenvalue weighted by atomic mass is 79.9. The fraction of sp³-hybridized carbons (Fsp3) is 0.760. The van der Waals surface area contributed by atoms with Gasteiger partial charge in [-0.2, -0.15) is 0 Å². The molecule has 0 nitrogen and oxygen atoms in total. The molecule has 1 aromatic carbocycles. The van der Waals surface area contributed by atoms with Crippen molar-refractivity contribution in [1.29, 1.82) is 0 Å². The Hall–Kier alpha value is 0.130. The summed E-state index contributed by atoms with van der Waals surface area (Å²) in [5.41, 5.74) is 2.40. The lowest BCUT2D eigenvalue weighted by atomic mass is 9.88. The second kappa shape index (κ2) is 18.2. The molecule has 158 valence electrons. The van der Waals surface area contributed by atoms with Crippen molar-refractivity contribution in [3.63, 3.8) is 0 Å². The van der Waals surface area contributed by atoms with E-state index in [0.717, 1.165) is 11.6 Å². The van der Waals surface area contributed by atoms with Crippen LogP contribution in [0.3, 0.4) is 0 Å². The molecule has 0 N–H and O–H groups in total. The average molecular weight is 458 g/mol. The number of halogens is 1. The summed E-state index contributed by atoms with van der Waals surface area (Å²) >= 11 is 0. The van der Waals surface area contributed by atoms with Crippen molar-refractivity contribution >= 4 is 24.9 Å². The molecule has 0 spiro atoms. The third-order valence-electron chi connectivity index (χ3n) is 5.75. The molecule has 2 atom stereocenters. The second-order valence-electron chi connectivity index (χ2n) is 8.34. The summed E-state index contributed by atoms with van der Waals surface area (Å²) in [6.45, 7) is 9.62. The molecule has 0 saturated carbocycles. The van der Waals surface area contributed by atoms with Gasteiger partial charge in [0.1, 0.15) is 0 Å². The van der Waals surface area contributed by atoms with Crippen LogP contribution in [0.5, 0.6) is 0 Å². The van der Waals surface area contributed by atoms with Gasteiger partial charge in [-0.3, -0.25) is 0 Å². The SMILES string of the molecule is Br.CCCCCCCCCC(CCCCCC)C(c1ccccc1)P(C)C. The van der Waals surface area contributed by atoms with E-state index in [9.17, 15) is 0 Å². The Balaban J connectivity index is 0.00000676. The zero-order valence-corrected chi connectivity index (χ0v) is 21.2. The van der Waals surface area contributed by atoms with Crippen molar-refractivity contribution in [2.45, 2.75) is 103 Å². The van der Waals surface area contributed by atoms with Gasteiger partial charge in [-0.25, -0.2) is 0 Å². The van der Waals surface area contributed by atoms with E-state index in [0.29, 0.717) is 0 Å². The molecule has 0 aliphatic rings. The zero-order chi connectivity index (χ0) is 19.0. The van der Waals surface area contributed by atoms with Gasteiger partial charge in [-0.15, -0.1) is 24.9 Å². The fourth-order valence-corrected chi connectivity index (χ4v) is 6.21. The number of hydrogen-bond donors (Lipinski definition) is 0. The van der Waals surface area contributed by atoms with Gasteiger partial charge >= 0.3 is 0 Å². The number of unbranched alkanes of at least 4 members (excludes halogenated alkanes) is 9. The van der Waals surface area contributed by atoms with Crippen LogP contribution in [0, 0.1) is 5.92 Å². The van der Waals surface area contributed by atoms with Crippen LogP contribution < -0.4 is 0 Å². The third-order valence-corrected chi connectivity index (χ3v) is 7.58. The Morgan fingerprint density at radius 2 is 1.11 bits per heavy atom. The van der Waals surface area contributed by atoms with Crippen molar-refractivity contribution < 1.29 is 0 Å². The molecule has 0 aliphatic heterocycles. The van der Waals surface area contributed by atoms with Gasteiger partial charge in [0.25, 0.3) is 0 Å². The Bertz CT molecular complexity index is 418. The van der Waals surface area contributed by atoms with Crippen molar-refractivity contribution in [2.75, 3.05) is 13.3 Å². The molecule has 0 saturated heterocycles. The standard InChI is InChI=1S/C25H45P.BrH/c1-5-7-9-11-12-13-16-20-23(19-15-10-8-6-2)25(26(3)4)24-21-17-14-18-22-24;/h14,17-18,21-23,25H,5-13,15-16,19-20H2,1-4H3;1H. The summed E-state index contributed by atoms with van der Waals surface area (Å²) in [6, 6.07) is 11.4. The van der Waals surface area contributed by atoms with Crippen molar-refractivity contribution in [1.82, 2.24) is 0 Å². The molecule has 1 aromatic rings. The molecule has 0 aliphatic carbocycles. The first-order valence-electron chi connectivity index (χ1n) is 11.4. The maximum absolute atomic E-state index is 2.50. The highest BCUT2D eigenvalue weighted by molar-refractivity contribution is 8.93. The van der Waals surface area contributed by atoms with Crippen molar-refractivity contribution in [2.24, 2.45) is 5.92 Å². The van der Waals surface area contributed by atoms with E-state index < -0.39 is 0 Å². The first-order valence-corrected chi connectivity index (χ1v) is 13.7. The summed E-state index contributed by atoms with van der Waals surface area (Å²) in [5, 5.41) is 0. The van der Waals surface area contributed by atoms with Crippen LogP contribution in [-0.4, -0.2) is 13.3 Å². The van der Waals surface area contributed by atoms with E-state index in [-0.39, 0.29) is 24.9 Å². The van der Waals surface area contributed by atoms with Crippen LogP contribution >= 0.6 is 24.9 Å². The van der Waals surface area contributed by atoms with Gasteiger partial charge < -0.3 is 0 Å². The van der Waals surface area contributed by atoms with Gasteiger partial charge in [0.15, 0.2) is 0 Å². The molecule has 0 bridgehead atoms. The van der Waals surface area contributed by atoms with Crippen LogP contribution in [0.15, 0.2) is 30.3 Å². The zero-order valence-electron chi connectivity index (χ0n) is 18.6. The Labute approximate surface area is 182 Å². The lowest BCUT2D eigenvalue weighted by molar-refractivity contribution is 0.393. The maximum Gasteiger partial charge on any atom is 0.00651 e. The molecule has 0 fully saturated rings. The predicted octanol–water partition coefficient (Wildman–Crippen LogP) is 9.77. The van der Waals surface area contributed by atoms with Crippen LogP contribution in [-0.2, 0) is 0 Å². The number of benzene rings is 1. The Kier molecular flexibility index (Phi) is 18.3. The maximum atomic E-state index is 2.50. The summed E-state index contributed by atoms with van der Waals surface area (Å²) in [4.78, 5) is 0. The molecule has 27 heavy (non-hydrogen) atoms. The summed E-state index contributed by atoms with van der Waals surface area (Å²) < 4.78 is 0. The monoisotopic (exact) mass is 456 g/mol. The minimum atomic E-state index is 0. The van der Waals surface area contributed by atoms with Crippen LogP contribution in [0.2, 0.25) is 0 Å². The Morgan fingerprint density at radius 1 is 0.667 bits per heavy atom. The van der Waals surface area contributed by atoms with Crippen LogP contribution in [0.4, 0.5) is 0 Å². The lowest BCUT2D eigenvalue weighted by Crippen LogP contribution is -2.12. The molecule has 0 amide bonds. The molecule has 0 heterocycles. The average Bonchev–Trinajstić information content (AvgIpc) is 2.64. The smallest absolute Gasteiger partial charge is 0.00651 e. The van der Waals surface area contributed by atoms with E-state index >= 15 is 0 Å². The first-order chi connectivity index (χ1) is 12.7. The Morgan fingerprint density at radius 3 is 1.59 bits per heavy atom.